The molecule has 0 saturated carbocycles. The number of fused-ring (bicyclic) bond motifs is 1. The zero-order chi connectivity index (χ0) is 11.7. The monoisotopic (exact) mass is 215 g/mol. The highest BCUT2D eigenvalue weighted by Crippen LogP contribution is 2.27. The van der Waals surface area contributed by atoms with E-state index in [9.17, 15) is 5.11 Å². The highest BCUT2D eigenvalue weighted by molar-refractivity contribution is 5.85. The lowest BCUT2D eigenvalue weighted by Crippen LogP contribution is -1.99. The van der Waals surface area contributed by atoms with Crippen LogP contribution < -0.4 is 0 Å². The molecule has 1 unspecified atom stereocenters. The topological polar surface area (TPSA) is 33.1 Å². The Labute approximate surface area is 96.0 Å². The highest BCUT2D eigenvalue weighted by Gasteiger charge is 2.11. The summed E-state index contributed by atoms with van der Waals surface area (Å²) in [6.07, 6.45) is 0.331. The Morgan fingerprint density at radius 1 is 1.31 bits per heavy atom. The molecule has 0 radical (unpaired) electrons. The third-order valence-electron chi connectivity index (χ3n) is 2.95. The summed E-state index contributed by atoms with van der Waals surface area (Å²) in [7, 11) is 0. The maximum absolute atomic E-state index is 10.0. The fraction of sp³-hybridized carbons (Fsp3) is 0.357. The maximum atomic E-state index is 10.0. The first-order chi connectivity index (χ1) is 7.63. The van der Waals surface area contributed by atoms with Gasteiger partial charge in [0.05, 0.1) is 11.6 Å². The van der Waals surface area contributed by atoms with Crippen LogP contribution in [0.1, 0.15) is 36.3 Å². The first-order valence-electron chi connectivity index (χ1n) is 5.68. The third kappa shape index (κ3) is 1.81. The summed E-state index contributed by atoms with van der Waals surface area (Å²) < 4.78 is 0. The van der Waals surface area contributed by atoms with Gasteiger partial charge in [-0.3, -0.25) is 4.98 Å². The van der Waals surface area contributed by atoms with Crippen molar-refractivity contribution in [2.45, 2.75) is 33.3 Å². The van der Waals surface area contributed by atoms with Gasteiger partial charge in [0, 0.05) is 11.1 Å². The molecule has 0 amide bonds. The summed E-state index contributed by atoms with van der Waals surface area (Å²) in [6.45, 7) is 6.01. The Hall–Kier alpha value is -1.41. The largest absolute Gasteiger partial charge is 0.388 e. The maximum Gasteiger partial charge on any atom is 0.0794 e. The Bertz CT molecular complexity index is 519. The van der Waals surface area contributed by atoms with Crippen LogP contribution in [0.5, 0.6) is 0 Å². The molecule has 1 atom stereocenters. The Balaban J connectivity index is 2.78. The van der Waals surface area contributed by atoms with Gasteiger partial charge in [-0.15, -0.1) is 0 Å². The zero-order valence-corrected chi connectivity index (χ0v) is 9.99. The van der Waals surface area contributed by atoms with Crippen LogP contribution in [0.4, 0.5) is 0 Å². The van der Waals surface area contributed by atoms with Crippen molar-refractivity contribution in [2.75, 3.05) is 0 Å². The Morgan fingerprint density at radius 3 is 2.75 bits per heavy atom. The van der Waals surface area contributed by atoms with Crippen LogP contribution >= 0.6 is 0 Å². The predicted molar refractivity (Wildman–Crippen MR) is 66.5 cm³/mol. The van der Waals surface area contributed by atoms with Gasteiger partial charge in [0.25, 0.3) is 0 Å². The summed E-state index contributed by atoms with van der Waals surface area (Å²) >= 11 is 0. The lowest BCUT2D eigenvalue weighted by molar-refractivity contribution is 0.175. The van der Waals surface area contributed by atoms with Gasteiger partial charge in [0.2, 0.25) is 0 Å². The number of benzene rings is 1. The lowest BCUT2D eigenvalue weighted by Gasteiger charge is -2.13. The molecule has 1 aromatic heterocycles. The van der Waals surface area contributed by atoms with E-state index in [2.05, 4.69) is 18.0 Å². The summed E-state index contributed by atoms with van der Waals surface area (Å²) in [5.74, 6) is 0. The Kier molecular flexibility index (Phi) is 2.92. The van der Waals surface area contributed by atoms with E-state index < -0.39 is 6.10 Å². The molecule has 1 N–H and O–H groups in total. The molecule has 0 spiro atoms. The van der Waals surface area contributed by atoms with Gasteiger partial charge in [-0.1, -0.05) is 25.1 Å². The molecule has 84 valence electrons. The number of pyridine rings is 1. The first-order valence-corrected chi connectivity index (χ1v) is 5.68. The minimum Gasteiger partial charge on any atom is -0.388 e. The Morgan fingerprint density at radius 2 is 2.06 bits per heavy atom. The SMILES string of the molecule is CCC(O)c1cc(C)nc2c(C)cccc12. The molecule has 2 nitrogen and oxygen atoms in total. The second-order valence-corrected chi connectivity index (χ2v) is 4.25. The summed E-state index contributed by atoms with van der Waals surface area (Å²) in [5, 5.41) is 11.1. The van der Waals surface area contributed by atoms with Crippen LogP contribution in [-0.2, 0) is 0 Å². The van der Waals surface area contributed by atoms with Crippen molar-refractivity contribution >= 4 is 10.9 Å². The van der Waals surface area contributed by atoms with Gasteiger partial charge in [-0.05, 0) is 37.5 Å². The fourth-order valence-electron chi connectivity index (χ4n) is 2.05. The number of aromatic nitrogens is 1. The highest BCUT2D eigenvalue weighted by atomic mass is 16.3. The van der Waals surface area contributed by atoms with Crippen molar-refractivity contribution < 1.29 is 5.11 Å². The van der Waals surface area contributed by atoms with Crippen LogP contribution in [0.15, 0.2) is 24.3 Å². The molecule has 0 bridgehead atoms. The van der Waals surface area contributed by atoms with Crippen molar-refractivity contribution in [3.05, 3.63) is 41.1 Å². The van der Waals surface area contributed by atoms with E-state index in [1.807, 2.05) is 32.0 Å². The summed E-state index contributed by atoms with van der Waals surface area (Å²) in [6, 6.07) is 8.08. The number of hydrogen-bond donors (Lipinski definition) is 1. The average Bonchev–Trinajstić information content (AvgIpc) is 2.28. The zero-order valence-electron chi connectivity index (χ0n) is 9.99. The number of aliphatic hydroxyl groups excluding tert-OH is 1. The quantitative estimate of drug-likeness (QED) is 0.833. The van der Waals surface area contributed by atoms with Crippen molar-refractivity contribution in [2.24, 2.45) is 0 Å². The van der Waals surface area contributed by atoms with Gasteiger partial charge in [-0.25, -0.2) is 0 Å². The van der Waals surface area contributed by atoms with E-state index in [0.717, 1.165) is 34.1 Å². The second-order valence-electron chi connectivity index (χ2n) is 4.25. The van der Waals surface area contributed by atoms with Crippen molar-refractivity contribution in [3.8, 4) is 0 Å². The van der Waals surface area contributed by atoms with Crippen LogP contribution in [0.3, 0.4) is 0 Å². The molecule has 0 aliphatic rings. The molecule has 1 heterocycles. The number of hydrogen-bond acceptors (Lipinski definition) is 2. The van der Waals surface area contributed by atoms with E-state index in [-0.39, 0.29) is 0 Å². The standard InChI is InChI=1S/C14H17NO/c1-4-13(16)12-8-10(3)15-14-9(2)6-5-7-11(12)14/h5-8,13,16H,4H2,1-3H3. The lowest BCUT2D eigenvalue weighted by atomic mass is 9.99. The van der Waals surface area contributed by atoms with Gasteiger partial charge in [0.1, 0.15) is 0 Å². The molecule has 0 aliphatic carbocycles. The molecule has 2 heteroatoms. The van der Waals surface area contributed by atoms with Crippen LogP contribution in [0.25, 0.3) is 10.9 Å². The number of nitrogens with zero attached hydrogens (tertiary/aromatic N) is 1. The number of aliphatic hydroxyl groups is 1. The molecular formula is C14H17NO. The van der Waals surface area contributed by atoms with Crippen LogP contribution in [0, 0.1) is 13.8 Å². The minimum atomic E-state index is -0.397. The molecule has 16 heavy (non-hydrogen) atoms. The smallest absolute Gasteiger partial charge is 0.0794 e. The van der Waals surface area contributed by atoms with Crippen molar-refractivity contribution in [3.63, 3.8) is 0 Å². The van der Waals surface area contributed by atoms with Crippen LogP contribution in [0.2, 0.25) is 0 Å². The predicted octanol–water partition coefficient (Wildman–Crippen LogP) is 3.30. The average molecular weight is 215 g/mol. The van der Waals surface area contributed by atoms with E-state index in [4.69, 9.17) is 0 Å². The fourth-order valence-corrected chi connectivity index (χ4v) is 2.05. The van der Waals surface area contributed by atoms with E-state index >= 15 is 0 Å². The molecule has 2 aromatic rings. The molecule has 1 aromatic carbocycles. The van der Waals surface area contributed by atoms with Crippen LogP contribution in [-0.4, -0.2) is 10.1 Å². The van der Waals surface area contributed by atoms with Gasteiger partial charge < -0.3 is 5.11 Å². The molecule has 2 rings (SSSR count). The van der Waals surface area contributed by atoms with E-state index in [0.29, 0.717) is 0 Å². The van der Waals surface area contributed by atoms with Gasteiger partial charge >= 0.3 is 0 Å². The summed E-state index contributed by atoms with van der Waals surface area (Å²) in [4.78, 5) is 4.54. The van der Waals surface area contributed by atoms with E-state index in [1.54, 1.807) is 0 Å². The van der Waals surface area contributed by atoms with Crippen molar-refractivity contribution in [1.82, 2.24) is 4.98 Å². The number of para-hydroxylation sites is 1. The number of aryl methyl sites for hydroxylation is 2. The van der Waals surface area contributed by atoms with Gasteiger partial charge in [0.15, 0.2) is 0 Å². The second kappa shape index (κ2) is 4.22. The summed E-state index contributed by atoms with van der Waals surface area (Å²) in [5.41, 5.74) is 4.12. The normalized spacial score (nSPS) is 13.0. The molecule has 0 saturated heterocycles. The van der Waals surface area contributed by atoms with E-state index in [1.165, 1.54) is 0 Å². The molecule has 0 aliphatic heterocycles. The first kappa shape index (κ1) is 11.1. The molecule has 0 fully saturated rings. The van der Waals surface area contributed by atoms with Crippen molar-refractivity contribution in [1.29, 1.82) is 0 Å². The third-order valence-corrected chi connectivity index (χ3v) is 2.95. The molecular weight excluding hydrogens is 198 g/mol. The minimum absolute atomic E-state index is 0.397. The van der Waals surface area contributed by atoms with Gasteiger partial charge in [-0.2, -0.15) is 0 Å². The number of rotatable bonds is 2.